The van der Waals surface area contributed by atoms with Crippen molar-refractivity contribution in [3.8, 4) is 5.75 Å². The van der Waals surface area contributed by atoms with Gasteiger partial charge in [-0.25, -0.2) is 0 Å². The number of hydrogen-bond donors (Lipinski definition) is 2. The van der Waals surface area contributed by atoms with Crippen molar-refractivity contribution >= 4 is 17.3 Å². The standard InChI is InChI=1S/C23H25NO3/c1-2-3-13-4-6-14(7-5-13)15-8-9-16-17(12-15)23(27)21-19(25)11-10-18(24)20(21)22(16)26/h8-14,25H,2-7,24H2,1H3/t13-,14-. The number of phenolic OH excluding ortho intramolecular Hbond substituents is 1. The minimum Gasteiger partial charge on any atom is -0.507 e. The molecule has 0 spiro atoms. The second-order valence-corrected chi connectivity index (χ2v) is 7.89. The summed E-state index contributed by atoms with van der Waals surface area (Å²) in [6.07, 6.45) is 7.23. The molecule has 4 rings (SSSR count). The lowest BCUT2D eigenvalue weighted by Crippen LogP contribution is -2.23. The van der Waals surface area contributed by atoms with Crippen molar-refractivity contribution in [1.29, 1.82) is 0 Å². The van der Waals surface area contributed by atoms with Crippen molar-refractivity contribution < 1.29 is 14.7 Å². The number of carbonyl (C=O) groups is 2. The van der Waals surface area contributed by atoms with Crippen molar-refractivity contribution in [1.82, 2.24) is 0 Å². The van der Waals surface area contributed by atoms with E-state index >= 15 is 0 Å². The van der Waals surface area contributed by atoms with Crippen molar-refractivity contribution in [3.63, 3.8) is 0 Å². The molecule has 4 heteroatoms. The summed E-state index contributed by atoms with van der Waals surface area (Å²) in [5, 5.41) is 10.2. The minimum atomic E-state index is -0.314. The summed E-state index contributed by atoms with van der Waals surface area (Å²) >= 11 is 0. The summed E-state index contributed by atoms with van der Waals surface area (Å²) in [6.45, 7) is 2.23. The molecule has 3 N–H and O–H groups in total. The van der Waals surface area contributed by atoms with Crippen LogP contribution in [0.25, 0.3) is 0 Å². The Morgan fingerprint density at radius 1 is 0.963 bits per heavy atom. The van der Waals surface area contributed by atoms with Gasteiger partial charge >= 0.3 is 0 Å². The Hall–Kier alpha value is -2.62. The first-order valence-electron chi connectivity index (χ1n) is 9.86. The molecule has 1 saturated carbocycles. The van der Waals surface area contributed by atoms with Crippen LogP contribution in [-0.4, -0.2) is 16.7 Å². The molecule has 2 aliphatic rings. The Morgan fingerprint density at radius 3 is 2.37 bits per heavy atom. The van der Waals surface area contributed by atoms with Gasteiger partial charge in [-0.3, -0.25) is 9.59 Å². The summed E-state index contributed by atoms with van der Waals surface area (Å²) in [5.41, 5.74) is 8.21. The van der Waals surface area contributed by atoms with Crippen LogP contribution in [0.2, 0.25) is 0 Å². The molecule has 0 atom stereocenters. The van der Waals surface area contributed by atoms with E-state index in [1.54, 1.807) is 6.07 Å². The molecule has 140 valence electrons. The van der Waals surface area contributed by atoms with Crippen LogP contribution in [0.15, 0.2) is 30.3 Å². The van der Waals surface area contributed by atoms with Crippen LogP contribution in [-0.2, 0) is 0 Å². The zero-order valence-corrected chi connectivity index (χ0v) is 15.6. The molecule has 0 aromatic heterocycles. The number of rotatable bonds is 3. The normalized spacial score (nSPS) is 21.7. The van der Waals surface area contributed by atoms with Crippen LogP contribution < -0.4 is 5.73 Å². The second-order valence-electron chi connectivity index (χ2n) is 7.89. The Morgan fingerprint density at radius 2 is 1.67 bits per heavy atom. The summed E-state index contributed by atoms with van der Waals surface area (Å²) in [4.78, 5) is 25.9. The maximum absolute atomic E-state index is 13.0. The van der Waals surface area contributed by atoms with Crippen molar-refractivity contribution in [3.05, 3.63) is 58.1 Å². The van der Waals surface area contributed by atoms with E-state index in [4.69, 9.17) is 5.73 Å². The maximum Gasteiger partial charge on any atom is 0.198 e. The third-order valence-electron chi connectivity index (χ3n) is 6.22. The minimum absolute atomic E-state index is 0.0382. The molecule has 0 unspecified atom stereocenters. The number of fused-ring (bicyclic) bond motifs is 2. The fraction of sp³-hybridized carbons (Fsp3) is 0.391. The second kappa shape index (κ2) is 6.84. The first-order valence-corrected chi connectivity index (χ1v) is 9.86. The molecule has 4 nitrogen and oxygen atoms in total. The zero-order valence-electron chi connectivity index (χ0n) is 15.6. The fourth-order valence-corrected chi connectivity index (χ4v) is 4.75. The smallest absolute Gasteiger partial charge is 0.198 e. The Bertz CT molecular complexity index is 923. The van der Waals surface area contributed by atoms with Crippen LogP contribution in [0.1, 0.15) is 88.8 Å². The molecule has 0 saturated heterocycles. The summed E-state index contributed by atoms with van der Waals surface area (Å²) in [6, 6.07) is 8.46. The molecule has 0 amide bonds. The zero-order chi connectivity index (χ0) is 19.1. The summed E-state index contributed by atoms with van der Waals surface area (Å²) in [7, 11) is 0. The van der Waals surface area contributed by atoms with Gasteiger partial charge in [0.15, 0.2) is 11.6 Å². The van der Waals surface area contributed by atoms with Gasteiger partial charge in [0.25, 0.3) is 0 Å². The van der Waals surface area contributed by atoms with Gasteiger partial charge in [-0.1, -0.05) is 31.9 Å². The van der Waals surface area contributed by atoms with Gasteiger partial charge in [0.05, 0.1) is 11.1 Å². The van der Waals surface area contributed by atoms with Gasteiger partial charge in [-0.05, 0) is 61.3 Å². The molecule has 2 aromatic rings. The van der Waals surface area contributed by atoms with Gasteiger partial charge in [0.2, 0.25) is 0 Å². The quantitative estimate of drug-likeness (QED) is 0.516. The number of aromatic hydroxyl groups is 1. The van der Waals surface area contributed by atoms with E-state index in [0.717, 1.165) is 24.3 Å². The fourth-order valence-electron chi connectivity index (χ4n) is 4.75. The topological polar surface area (TPSA) is 80.4 Å². The van der Waals surface area contributed by atoms with Crippen LogP contribution in [0, 0.1) is 5.92 Å². The predicted octanol–water partition coefficient (Wildman–Crippen LogP) is 4.82. The highest BCUT2D eigenvalue weighted by Gasteiger charge is 2.34. The molecule has 2 aliphatic carbocycles. The van der Waals surface area contributed by atoms with E-state index < -0.39 is 0 Å². The van der Waals surface area contributed by atoms with Crippen molar-refractivity contribution in [2.24, 2.45) is 5.92 Å². The maximum atomic E-state index is 13.0. The van der Waals surface area contributed by atoms with Gasteiger partial charge in [0.1, 0.15) is 5.75 Å². The number of nitrogens with two attached hydrogens (primary N) is 1. The molecule has 2 aromatic carbocycles. The lowest BCUT2D eigenvalue weighted by molar-refractivity contribution is 0.0977. The Balaban J connectivity index is 1.68. The SMILES string of the molecule is CCC[C@H]1CC[C@H](c2ccc3c(c2)C(=O)c2c(O)ccc(N)c2C3=O)CC1. The average molecular weight is 363 g/mol. The van der Waals surface area contributed by atoms with E-state index in [0.29, 0.717) is 17.0 Å². The number of ketones is 2. The van der Waals surface area contributed by atoms with E-state index in [-0.39, 0.29) is 34.1 Å². The van der Waals surface area contributed by atoms with Gasteiger partial charge in [0, 0.05) is 16.8 Å². The number of carbonyl (C=O) groups excluding carboxylic acids is 2. The summed E-state index contributed by atoms with van der Waals surface area (Å²) < 4.78 is 0. The van der Waals surface area contributed by atoms with Gasteiger partial charge in [-0.2, -0.15) is 0 Å². The molecule has 27 heavy (non-hydrogen) atoms. The predicted molar refractivity (Wildman–Crippen MR) is 105 cm³/mol. The summed E-state index contributed by atoms with van der Waals surface area (Å²) in [5.74, 6) is 0.465. The van der Waals surface area contributed by atoms with Crippen LogP contribution in [0.4, 0.5) is 5.69 Å². The highest BCUT2D eigenvalue weighted by Crippen LogP contribution is 2.40. The van der Waals surface area contributed by atoms with Crippen molar-refractivity contribution in [2.45, 2.75) is 51.4 Å². The average Bonchev–Trinajstić information content (AvgIpc) is 2.68. The first-order chi connectivity index (χ1) is 13.0. The first kappa shape index (κ1) is 17.8. The van der Waals surface area contributed by atoms with E-state index in [2.05, 4.69) is 6.92 Å². The molecule has 1 fully saturated rings. The molecule has 0 heterocycles. The highest BCUT2D eigenvalue weighted by atomic mass is 16.3. The van der Waals surface area contributed by atoms with Crippen LogP contribution in [0.3, 0.4) is 0 Å². The Kier molecular flexibility index (Phi) is 4.50. The number of phenols is 1. The lowest BCUT2D eigenvalue weighted by atomic mass is 9.75. The Labute approximate surface area is 159 Å². The highest BCUT2D eigenvalue weighted by molar-refractivity contribution is 6.31. The number of anilines is 1. The van der Waals surface area contributed by atoms with Crippen molar-refractivity contribution in [2.75, 3.05) is 5.73 Å². The van der Waals surface area contributed by atoms with Gasteiger partial charge < -0.3 is 10.8 Å². The molecular weight excluding hydrogens is 338 g/mol. The van der Waals surface area contributed by atoms with E-state index in [1.165, 1.54) is 37.8 Å². The third-order valence-corrected chi connectivity index (χ3v) is 6.22. The van der Waals surface area contributed by atoms with E-state index in [1.807, 2.05) is 12.1 Å². The monoisotopic (exact) mass is 363 g/mol. The lowest BCUT2D eigenvalue weighted by Gasteiger charge is -2.29. The molecule has 0 aliphatic heterocycles. The largest absolute Gasteiger partial charge is 0.507 e. The molecular formula is C23H25NO3. The van der Waals surface area contributed by atoms with Crippen LogP contribution >= 0.6 is 0 Å². The van der Waals surface area contributed by atoms with Crippen LogP contribution in [0.5, 0.6) is 5.75 Å². The van der Waals surface area contributed by atoms with Gasteiger partial charge in [-0.15, -0.1) is 0 Å². The number of hydrogen-bond acceptors (Lipinski definition) is 4. The third kappa shape index (κ3) is 2.93. The molecule has 0 bridgehead atoms. The molecule has 0 radical (unpaired) electrons. The number of nitrogen functional groups attached to an aromatic ring is 1. The number of benzene rings is 2. The van der Waals surface area contributed by atoms with E-state index in [9.17, 15) is 14.7 Å².